The first-order valence-corrected chi connectivity index (χ1v) is 5.32. The van der Waals surface area contributed by atoms with Gasteiger partial charge in [0.05, 0.1) is 5.56 Å². The van der Waals surface area contributed by atoms with Gasteiger partial charge in [-0.3, -0.25) is 0 Å². The van der Waals surface area contributed by atoms with Crippen LogP contribution in [0.4, 0.5) is 11.8 Å². The third-order valence-electron chi connectivity index (χ3n) is 2.24. The summed E-state index contributed by atoms with van der Waals surface area (Å²) >= 11 is 0. The van der Waals surface area contributed by atoms with Gasteiger partial charge in [-0.2, -0.15) is 0 Å². The maximum absolute atomic E-state index is 10.6. The van der Waals surface area contributed by atoms with E-state index in [9.17, 15) is 4.79 Å². The molecule has 0 aliphatic carbocycles. The zero-order valence-electron chi connectivity index (χ0n) is 10.0. The van der Waals surface area contributed by atoms with Gasteiger partial charge in [0.15, 0.2) is 0 Å². The zero-order chi connectivity index (χ0) is 13.1. The van der Waals surface area contributed by atoms with Crippen molar-refractivity contribution in [3.63, 3.8) is 0 Å². The molecule has 0 amide bonds. The fourth-order valence-corrected chi connectivity index (χ4v) is 1.52. The van der Waals surface area contributed by atoms with Crippen LogP contribution in [-0.2, 0) is 0 Å². The van der Waals surface area contributed by atoms with Crippen molar-refractivity contribution in [3.8, 4) is 0 Å². The maximum Gasteiger partial charge on any atom is 0.338 e. The van der Waals surface area contributed by atoms with Crippen LogP contribution in [-0.4, -0.2) is 26.0 Å². The number of hydrogen-bond donors (Lipinski definition) is 2. The zero-order valence-corrected chi connectivity index (χ0v) is 10.0. The molecule has 0 saturated heterocycles. The van der Waals surface area contributed by atoms with E-state index in [1.54, 1.807) is 0 Å². The summed E-state index contributed by atoms with van der Waals surface area (Å²) in [4.78, 5) is 22.7. The van der Waals surface area contributed by atoms with E-state index in [0.717, 1.165) is 11.3 Å². The van der Waals surface area contributed by atoms with Gasteiger partial charge < -0.3 is 10.4 Å². The number of aryl methyl sites for hydroxylation is 2. The average Bonchev–Trinajstić information content (AvgIpc) is 2.28. The van der Waals surface area contributed by atoms with Gasteiger partial charge in [0.1, 0.15) is 5.82 Å². The summed E-state index contributed by atoms with van der Waals surface area (Å²) in [5.41, 5.74) is 2.01. The molecule has 6 heteroatoms. The Bertz CT molecular complexity index is 561. The second kappa shape index (κ2) is 4.79. The molecular formula is C12H12N4O2. The highest BCUT2D eigenvalue weighted by Gasteiger charge is 2.05. The minimum absolute atomic E-state index is 0.0499. The molecule has 6 nitrogen and oxygen atoms in total. The summed E-state index contributed by atoms with van der Waals surface area (Å²) in [6.45, 7) is 3.86. The smallest absolute Gasteiger partial charge is 0.338 e. The Labute approximate surface area is 104 Å². The van der Waals surface area contributed by atoms with Crippen molar-refractivity contribution in [2.45, 2.75) is 13.8 Å². The van der Waals surface area contributed by atoms with Gasteiger partial charge in [0, 0.05) is 18.1 Å². The minimum atomic E-state index is -1.05. The van der Waals surface area contributed by atoms with Crippen LogP contribution in [0.1, 0.15) is 21.6 Å². The molecule has 0 aliphatic heterocycles. The summed E-state index contributed by atoms with van der Waals surface area (Å²) in [6.07, 6.45) is 2.50. The first kappa shape index (κ1) is 12.0. The topological polar surface area (TPSA) is 88.0 Å². The molecule has 0 atom stereocenters. The number of aromatic nitrogens is 3. The summed E-state index contributed by atoms with van der Waals surface area (Å²) in [5.74, 6) is -0.0980. The molecule has 0 radical (unpaired) electrons. The summed E-state index contributed by atoms with van der Waals surface area (Å²) in [5, 5.41) is 11.7. The number of rotatable bonds is 3. The van der Waals surface area contributed by atoms with E-state index in [-0.39, 0.29) is 5.56 Å². The van der Waals surface area contributed by atoms with Crippen molar-refractivity contribution < 1.29 is 9.90 Å². The van der Waals surface area contributed by atoms with Crippen molar-refractivity contribution in [2.24, 2.45) is 0 Å². The monoisotopic (exact) mass is 244 g/mol. The van der Waals surface area contributed by atoms with Gasteiger partial charge in [0.2, 0.25) is 5.95 Å². The average molecular weight is 244 g/mol. The van der Waals surface area contributed by atoms with E-state index in [1.165, 1.54) is 12.4 Å². The largest absolute Gasteiger partial charge is 0.478 e. The van der Waals surface area contributed by atoms with Crippen LogP contribution in [0.25, 0.3) is 0 Å². The third kappa shape index (κ3) is 2.79. The Morgan fingerprint density at radius 2 is 1.89 bits per heavy atom. The summed E-state index contributed by atoms with van der Waals surface area (Å²) < 4.78 is 0. The fraction of sp³-hybridized carbons (Fsp3) is 0.167. The molecule has 0 aromatic carbocycles. The summed E-state index contributed by atoms with van der Waals surface area (Å²) in [7, 11) is 0. The predicted molar refractivity (Wildman–Crippen MR) is 66.0 cm³/mol. The lowest BCUT2D eigenvalue weighted by Gasteiger charge is -2.05. The Morgan fingerprint density at radius 3 is 2.44 bits per heavy atom. The van der Waals surface area contributed by atoms with Gasteiger partial charge in [-0.05, 0) is 31.5 Å². The molecule has 2 N–H and O–H groups in total. The predicted octanol–water partition coefficient (Wildman–Crippen LogP) is 1.93. The van der Waals surface area contributed by atoms with Crippen molar-refractivity contribution in [1.82, 2.24) is 15.0 Å². The highest BCUT2D eigenvalue weighted by Crippen LogP contribution is 2.13. The number of aromatic carboxylic acids is 1. The number of carbonyl (C=O) groups is 1. The van der Waals surface area contributed by atoms with Gasteiger partial charge in [-0.15, -0.1) is 0 Å². The lowest BCUT2D eigenvalue weighted by atomic mass is 10.2. The van der Waals surface area contributed by atoms with Crippen LogP contribution < -0.4 is 5.32 Å². The fourth-order valence-electron chi connectivity index (χ4n) is 1.52. The number of anilines is 2. The van der Waals surface area contributed by atoms with Gasteiger partial charge in [0.25, 0.3) is 0 Å². The summed E-state index contributed by atoms with van der Waals surface area (Å²) in [6, 6.07) is 3.82. The van der Waals surface area contributed by atoms with Crippen molar-refractivity contribution in [1.29, 1.82) is 0 Å². The molecule has 0 fully saturated rings. The van der Waals surface area contributed by atoms with Crippen LogP contribution in [0, 0.1) is 13.8 Å². The Balaban J connectivity index is 2.20. The molecule has 2 rings (SSSR count). The molecule has 0 spiro atoms. The number of pyridine rings is 1. The minimum Gasteiger partial charge on any atom is -0.478 e. The van der Waals surface area contributed by atoms with E-state index in [1.807, 2.05) is 26.0 Å². The molecule has 2 heterocycles. The van der Waals surface area contributed by atoms with Crippen LogP contribution in [0.2, 0.25) is 0 Å². The van der Waals surface area contributed by atoms with Crippen LogP contribution in [0.15, 0.2) is 24.5 Å². The Hall–Kier alpha value is -2.50. The van der Waals surface area contributed by atoms with E-state index < -0.39 is 5.97 Å². The number of carboxylic acid groups (broad SMARTS) is 1. The van der Waals surface area contributed by atoms with Crippen molar-refractivity contribution >= 4 is 17.7 Å². The van der Waals surface area contributed by atoms with E-state index in [4.69, 9.17) is 5.11 Å². The van der Waals surface area contributed by atoms with E-state index in [2.05, 4.69) is 20.3 Å². The number of nitrogens with one attached hydrogen (secondary N) is 1. The highest BCUT2D eigenvalue weighted by atomic mass is 16.4. The number of nitrogens with zero attached hydrogens (tertiary/aromatic N) is 3. The van der Waals surface area contributed by atoms with Crippen LogP contribution in [0.5, 0.6) is 0 Å². The van der Waals surface area contributed by atoms with Crippen molar-refractivity contribution in [2.75, 3.05) is 5.32 Å². The van der Waals surface area contributed by atoms with Gasteiger partial charge >= 0.3 is 5.97 Å². The SMILES string of the molecule is Cc1cc(C)nc(Nc2ncc(C(=O)O)cn2)c1. The molecule has 0 saturated carbocycles. The second-order valence-electron chi connectivity index (χ2n) is 3.90. The molecule has 2 aromatic heterocycles. The molecule has 0 bridgehead atoms. The quantitative estimate of drug-likeness (QED) is 0.857. The van der Waals surface area contributed by atoms with Crippen LogP contribution in [0.3, 0.4) is 0 Å². The molecule has 92 valence electrons. The Kier molecular flexibility index (Phi) is 3.18. The first-order valence-electron chi connectivity index (χ1n) is 5.32. The number of carboxylic acids is 1. The molecule has 2 aromatic rings. The van der Waals surface area contributed by atoms with E-state index in [0.29, 0.717) is 11.8 Å². The Morgan fingerprint density at radius 1 is 1.22 bits per heavy atom. The van der Waals surface area contributed by atoms with E-state index >= 15 is 0 Å². The second-order valence-corrected chi connectivity index (χ2v) is 3.90. The van der Waals surface area contributed by atoms with Gasteiger partial charge in [-0.1, -0.05) is 0 Å². The third-order valence-corrected chi connectivity index (χ3v) is 2.24. The molecular weight excluding hydrogens is 232 g/mol. The highest BCUT2D eigenvalue weighted by molar-refractivity contribution is 5.86. The van der Waals surface area contributed by atoms with Crippen molar-refractivity contribution in [3.05, 3.63) is 41.3 Å². The normalized spacial score (nSPS) is 10.1. The molecule has 18 heavy (non-hydrogen) atoms. The van der Waals surface area contributed by atoms with Gasteiger partial charge in [-0.25, -0.2) is 19.7 Å². The molecule has 0 aliphatic rings. The number of hydrogen-bond acceptors (Lipinski definition) is 5. The first-order chi connectivity index (χ1) is 8.54. The molecule has 0 unspecified atom stereocenters. The standard InChI is InChI=1S/C12H12N4O2/c1-7-3-8(2)15-10(4-7)16-12-13-5-9(6-14-12)11(17)18/h3-6H,1-2H3,(H,17,18)(H,13,14,15,16). The lowest BCUT2D eigenvalue weighted by molar-refractivity contribution is 0.0696. The van der Waals surface area contributed by atoms with Crippen LogP contribution >= 0.6 is 0 Å². The maximum atomic E-state index is 10.6. The lowest BCUT2D eigenvalue weighted by Crippen LogP contribution is -2.03.